The van der Waals surface area contributed by atoms with Crippen LogP contribution in [0.2, 0.25) is 0 Å². The summed E-state index contributed by atoms with van der Waals surface area (Å²) in [4.78, 5) is 17.2. The maximum Gasteiger partial charge on any atom is 0.203 e. The van der Waals surface area contributed by atoms with E-state index >= 15 is 0 Å². The quantitative estimate of drug-likeness (QED) is 0.206. The standard InChI is InChI=1S/C36H30N4O4/c1-41-27-11-5-21(6-12-27)34-28-13-7-23(37-28)19-25-9-15-30(39-25)35(22-17-32(42-2)36(44-4)33(18-22)43-3)31-16-10-26(40-31)20-24-8-14-29(34)38-24/h5-20,37,40H,1-4H3. The third-order valence-corrected chi connectivity index (χ3v) is 7.73. The Kier molecular flexibility index (Phi) is 6.86. The van der Waals surface area contributed by atoms with Crippen LogP contribution in [0.1, 0.15) is 22.8 Å². The van der Waals surface area contributed by atoms with Crippen molar-refractivity contribution in [1.82, 2.24) is 19.9 Å². The lowest BCUT2D eigenvalue weighted by Crippen LogP contribution is -1.96. The van der Waals surface area contributed by atoms with Crippen molar-refractivity contribution in [3.05, 3.63) is 95.6 Å². The number of hydrogen-bond donors (Lipinski definition) is 2. The molecule has 8 bridgehead atoms. The molecule has 0 unspecified atom stereocenters. The Balaban J connectivity index is 1.52. The van der Waals surface area contributed by atoms with Crippen LogP contribution in [-0.4, -0.2) is 48.4 Å². The maximum atomic E-state index is 5.68. The van der Waals surface area contributed by atoms with Crippen molar-refractivity contribution < 1.29 is 18.9 Å². The van der Waals surface area contributed by atoms with Gasteiger partial charge in [-0.25, -0.2) is 9.97 Å². The molecule has 3 aromatic heterocycles. The zero-order valence-electron chi connectivity index (χ0n) is 24.8. The Bertz CT molecular complexity index is 2100. The molecule has 0 radical (unpaired) electrons. The van der Waals surface area contributed by atoms with Gasteiger partial charge in [-0.1, -0.05) is 12.1 Å². The number of nitrogens with zero attached hydrogens (tertiary/aromatic N) is 2. The van der Waals surface area contributed by atoms with E-state index in [9.17, 15) is 0 Å². The third-order valence-electron chi connectivity index (χ3n) is 7.73. The second kappa shape index (κ2) is 11.1. The normalized spacial score (nSPS) is 11.9. The second-order valence-corrected chi connectivity index (χ2v) is 10.3. The van der Waals surface area contributed by atoms with Gasteiger partial charge in [-0.15, -0.1) is 0 Å². The summed E-state index contributed by atoms with van der Waals surface area (Å²) >= 11 is 0. The highest BCUT2D eigenvalue weighted by Gasteiger charge is 2.18. The van der Waals surface area contributed by atoms with Crippen LogP contribution in [0.25, 0.3) is 68.6 Å². The minimum atomic E-state index is 0.531. The van der Waals surface area contributed by atoms with Crippen LogP contribution < -0.4 is 18.9 Å². The lowest BCUT2D eigenvalue weighted by molar-refractivity contribution is 0.324. The highest BCUT2D eigenvalue weighted by Crippen LogP contribution is 2.43. The molecule has 2 aliphatic rings. The molecule has 7 rings (SSSR count). The van der Waals surface area contributed by atoms with E-state index in [1.807, 2.05) is 60.7 Å². The molecule has 0 amide bonds. The predicted octanol–water partition coefficient (Wildman–Crippen LogP) is 8.02. The van der Waals surface area contributed by atoms with Crippen LogP contribution in [0.3, 0.4) is 0 Å². The van der Waals surface area contributed by atoms with Crippen LogP contribution in [0.15, 0.2) is 72.8 Å². The number of nitrogens with one attached hydrogen (secondary N) is 2. The molecule has 8 heteroatoms. The van der Waals surface area contributed by atoms with E-state index in [0.717, 1.165) is 72.8 Å². The lowest BCUT2D eigenvalue weighted by Gasteiger charge is -2.14. The molecule has 44 heavy (non-hydrogen) atoms. The van der Waals surface area contributed by atoms with E-state index in [1.165, 1.54) is 0 Å². The van der Waals surface area contributed by atoms with Crippen molar-refractivity contribution in [2.45, 2.75) is 0 Å². The Morgan fingerprint density at radius 3 is 1.50 bits per heavy atom. The minimum Gasteiger partial charge on any atom is -0.497 e. The van der Waals surface area contributed by atoms with Gasteiger partial charge in [-0.2, -0.15) is 0 Å². The fourth-order valence-electron chi connectivity index (χ4n) is 5.66. The van der Waals surface area contributed by atoms with Gasteiger partial charge in [-0.3, -0.25) is 0 Å². The van der Waals surface area contributed by atoms with E-state index in [1.54, 1.807) is 28.4 Å². The molecule has 5 aromatic rings. The molecule has 0 saturated heterocycles. The molecule has 2 N–H and O–H groups in total. The van der Waals surface area contributed by atoms with E-state index in [2.05, 4.69) is 46.4 Å². The van der Waals surface area contributed by atoms with Crippen LogP contribution >= 0.6 is 0 Å². The smallest absolute Gasteiger partial charge is 0.203 e. The van der Waals surface area contributed by atoms with Gasteiger partial charge >= 0.3 is 0 Å². The summed E-state index contributed by atoms with van der Waals surface area (Å²) < 4.78 is 22.3. The largest absolute Gasteiger partial charge is 0.497 e. The Hall–Kier alpha value is -5.76. The van der Waals surface area contributed by atoms with E-state index in [-0.39, 0.29) is 0 Å². The van der Waals surface area contributed by atoms with E-state index in [0.29, 0.717) is 17.2 Å². The SMILES string of the molecule is COc1ccc(-c2c3nc(cc4ccc([nH]4)c(-c4cc(OC)c(OC)c(OC)c4)c4nc(cc5ccc2[nH]5)C=C4)C=C3)cc1. The number of benzene rings is 2. The molecule has 0 spiro atoms. The molecule has 8 nitrogen and oxygen atoms in total. The fourth-order valence-corrected chi connectivity index (χ4v) is 5.66. The zero-order valence-corrected chi connectivity index (χ0v) is 24.8. The van der Waals surface area contributed by atoms with Crippen molar-refractivity contribution in [3.63, 3.8) is 0 Å². The first kappa shape index (κ1) is 27.1. The molecule has 0 atom stereocenters. The van der Waals surface area contributed by atoms with Gasteiger partial charge in [0.2, 0.25) is 5.75 Å². The molecule has 2 aliphatic heterocycles. The van der Waals surface area contributed by atoms with Crippen molar-refractivity contribution in [3.8, 4) is 45.3 Å². The van der Waals surface area contributed by atoms with E-state index in [4.69, 9.17) is 28.9 Å². The number of rotatable bonds is 6. The molecule has 0 saturated carbocycles. The topological polar surface area (TPSA) is 94.3 Å². The average molecular weight is 583 g/mol. The van der Waals surface area contributed by atoms with Gasteiger partial charge in [0.15, 0.2) is 11.5 Å². The van der Waals surface area contributed by atoms with E-state index < -0.39 is 0 Å². The number of aromatic amines is 2. The summed E-state index contributed by atoms with van der Waals surface area (Å²) in [5.41, 5.74) is 10.8. The minimum absolute atomic E-state index is 0.531. The first-order valence-corrected chi connectivity index (χ1v) is 14.1. The van der Waals surface area contributed by atoms with Gasteiger partial charge < -0.3 is 28.9 Å². The summed E-state index contributed by atoms with van der Waals surface area (Å²) in [7, 11) is 6.50. The summed E-state index contributed by atoms with van der Waals surface area (Å²) in [6, 6.07) is 24.2. The summed E-state index contributed by atoms with van der Waals surface area (Å²) in [6.45, 7) is 0. The van der Waals surface area contributed by atoms with Crippen LogP contribution in [0.4, 0.5) is 0 Å². The monoisotopic (exact) mass is 582 g/mol. The Morgan fingerprint density at radius 1 is 0.500 bits per heavy atom. The van der Waals surface area contributed by atoms with Gasteiger partial charge in [0, 0.05) is 33.2 Å². The summed E-state index contributed by atoms with van der Waals surface area (Å²) in [5, 5.41) is 0. The zero-order chi connectivity index (χ0) is 30.2. The Morgan fingerprint density at radius 2 is 1.02 bits per heavy atom. The van der Waals surface area contributed by atoms with Crippen molar-refractivity contribution >= 4 is 46.4 Å². The maximum absolute atomic E-state index is 5.68. The van der Waals surface area contributed by atoms with Crippen LogP contribution in [0.5, 0.6) is 23.0 Å². The van der Waals surface area contributed by atoms with Gasteiger partial charge in [0.05, 0.1) is 51.2 Å². The number of ether oxygens (including phenoxy) is 4. The number of H-pyrrole nitrogens is 2. The molecule has 0 aliphatic carbocycles. The molecule has 0 fully saturated rings. The molecule has 218 valence electrons. The fraction of sp³-hybridized carbons (Fsp3) is 0.111. The highest BCUT2D eigenvalue weighted by molar-refractivity contribution is 5.93. The van der Waals surface area contributed by atoms with Crippen LogP contribution in [-0.2, 0) is 0 Å². The molecule has 5 heterocycles. The van der Waals surface area contributed by atoms with Gasteiger partial charge in [-0.05, 0) is 96.1 Å². The molecular weight excluding hydrogens is 552 g/mol. The first-order chi connectivity index (χ1) is 21.6. The second-order valence-electron chi connectivity index (χ2n) is 10.3. The average Bonchev–Trinajstić information content (AvgIpc) is 3.88. The molecular formula is C36H30N4O4. The number of fused-ring (bicyclic) bond motifs is 8. The van der Waals surface area contributed by atoms with Crippen molar-refractivity contribution in [2.24, 2.45) is 0 Å². The van der Waals surface area contributed by atoms with Crippen molar-refractivity contribution in [1.29, 1.82) is 0 Å². The first-order valence-electron chi connectivity index (χ1n) is 14.1. The predicted molar refractivity (Wildman–Crippen MR) is 176 cm³/mol. The van der Waals surface area contributed by atoms with Gasteiger partial charge in [0.25, 0.3) is 0 Å². The third kappa shape index (κ3) is 4.86. The van der Waals surface area contributed by atoms with Crippen molar-refractivity contribution in [2.75, 3.05) is 28.4 Å². The number of aromatic nitrogens is 4. The lowest BCUT2D eigenvalue weighted by atomic mass is 10.0. The summed E-state index contributed by atoms with van der Waals surface area (Å²) in [6.07, 6.45) is 8.12. The number of hydrogen-bond acceptors (Lipinski definition) is 6. The summed E-state index contributed by atoms with van der Waals surface area (Å²) in [5.74, 6) is 2.46. The Labute approximate surface area is 254 Å². The highest BCUT2D eigenvalue weighted by atomic mass is 16.5. The molecule has 2 aromatic carbocycles. The number of methoxy groups -OCH3 is 4. The van der Waals surface area contributed by atoms with Crippen LogP contribution in [0, 0.1) is 0 Å². The van der Waals surface area contributed by atoms with Gasteiger partial charge in [0.1, 0.15) is 5.75 Å².